The molecule has 5 atom stereocenters. The summed E-state index contributed by atoms with van der Waals surface area (Å²) in [5, 5.41) is 19.2. The molecule has 4 N–H and O–H groups in total. The van der Waals surface area contributed by atoms with Gasteiger partial charge in [0.05, 0.1) is 18.6 Å². The molecule has 2 aliphatic heterocycles. The second-order valence-corrected chi connectivity index (χ2v) is 8.55. The highest BCUT2D eigenvalue weighted by Gasteiger charge is 2.50. The van der Waals surface area contributed by atoms with Gasteiger partial charge in [-0.05, 0) is 35.9 Å². The molecule has 3 amide bonds. The molecule has 0 saturated carbocycles. The van der Waals surface area contributed by atoms with Gasteiger partial charge in [0.2, 0.25) is 5.91 Å². The maximum absolute atomic E-state index is 13.0. The molecule has 10 heteroatoms. The molecular weight excluding hydrogens is 453 g/mol. The van der Waals surface area contributed by atoms with E-state index in [1.807, 2.05) is 0 Å². The summed E-state index contributed by atoms with van der Waals surface area (Å²) < 4.78 is 24.7. The number of fused-ring (bicyclic) bond motifs is 1. The van der Waals surface area contributed by atoms with Crippen molar-refractivity contribution in [2.75, 3.05) is 11.9 Å². The minimum Gasteiger partial charge on any atom is -0.388 e. The Morgan fingerprint density at radius 3 is 2.64 bits per heavy atom. The number of hydrogen-bond donors (Lipinski definition) is 4. The average Bonchev–Trinajstić information content (AvgIpc) is 3.30. The fourth-order valence-corrected chi connectivity index (χ4v) is 4.22. The number of urea groups is 1. The van der Waals surface area contributed by atoms with Gasteiger partial charge in [-0.3, -0.25) is 4.79 Å². The number of rotatable bonds is 7. The van der Waals surface area contributed by atoms with Gasteiger partial charge in [-0.25, -0.2) is 9.18 Å². The van der Waals surface area contributed by atoms with Crippen LogP contribution in [0.25, 0.3) is 0 Å². The van der Waals surface area contributed by atoms with Crippen molar-refractivity contribution in [3.63, 3.8) is 0 Å². The highest BCUT2D eigenvalue weighted by Crippen LogP contribution is 2.35. The van der Waals surface area contributed by atoms with Gasteiger partial charge in [0, 0.05) is 30.2 Å². The van der Waals surface area contributed by atoms with Crippen molar-refractivity contribution >= 4 is 29.2 Å². The molecule has 0 spiro atoms. The lowest BCUT2D eigenvalue weighted by Gasteiger charge is -2.20. The number of amides is 3. The third-order valence-corrected chi connectivity index (χ3v) is 5.88. The van der Waals surface area contributed by atoms with Crippen molar-refractivity contribution in [2.45, 2.75) is 49.9 Å². The highest BCUT2D eigenvalue weighted by atomic mass is 35.5. The number of anilines is 1. The predicted molar refractivity (Wildman–Crippen MR) is 119 cm³/mol. The maximum atomic E-state index is 13.0. The van der Waals surface area contributed by atoms with Crippen LogP contribution in [0.2, 0.25) is 5.02 Å². The molecule has 2 fully saturated rings. The third kappa shape index (κ3) is 6.20. The largest absolute Gasteiger partial charge is 0.388 e. The minimum atomic E-state index is -0.922. The number of carbonyl (C=O) groups excluding carboxylic acids is 2. The fraction of sp³-hybridized carbons (Fsp3) is 0.391. The van der Waals surface area contributed by atoms with Crippen LogP contribution in [-0.4, -0.2) is 54.1 Å². The number of halogens is 2. The molecule has 5 unspecified atom stereocenters. The summed E-state index contributed by atoms with van der Waals surface area (Å²) in [6, 6.07) is 12.2. The molecule has 0 aromatic heterocycles. The minimum absolute atomic E-state index is 0.104. The maximum Gasteiger partial charge on any atom is 0.319 e. The first-order chi connectivity index (χ1) is 15.9. The van der Waals surface area contributed by atoms with Crippen LogP contribution in [0, 0.1) is 5.82 Å². The number of benzene rings is 2. The van der Waals surface area contributed by atoms with Gasteiger partial charge >= 0.3 is 6.03 Å². The molecular formula is C23H25ClFN3O5. The number of aliphatic hydroxyl groups is 1. The standard InChI is InChI=1S/C23H25ClFN3O5/c24-14-2-1-3-16(8-14)28-23(31)27-12-19-21(30)22-18(33-19)9-17(32-22)10-20(29)26-11-13-4-6-15(25)7-5-13/h1-8,17-19,21-22,30H,9-12H2,(H,26,29)(H2,27,28,31). The number of carbonyl (C=O) groups is 2. The van der Waals surface area contributed by atoms with E-state index in [-0.39, 0.29) is 36.9 Å². The van der Waals surface area contributed by atoms with Crippen molar-refractivity contribution in [3.05, 3.63) is 64.9 Å². The van der Waals surface area contributed by atoms with Gasteiger partial charge in [0.25, 0.3) is 0 Å². The van der Waals surface area contributed by atoms with E-state index < -0.39 is 24.3 Å². The van der Waals surface area contributed by atoms with Crippen LogP contribution in [0.1, 0.15) is 18.4 Å². The lowest BCUT2D eigenvalue weighted by atomic mass is 10.1. The van der Waals surface area contributed by atoms with Crippen LogP contribution in [-0.2, 0) is 20.8 Å². The molecule has 2 aromatic rings. The zero-order valence-corrected chi connectivity index (χ0v) is 18.4. The summed E-state index contributed by atoms with van der Waals surface area (Å²) in [5.74, 6) is -0.528. The summed E-state index contributed by atoms with van der Waals surface area (Å²) in [4.78, 5) is 24.3. The third-order valence-electron chi connectivity index (χ3n) is 5.64. The summed E-state index contributed by atoms with van der Waals surface area (Å²) in [5.41, 5.74) is 1.34. The molecule has 0 aliphatic carbocycles. The first-order valence-corrected chi connectivity index (χ1v) is 11.1. The summed E-state index contributed by atoms with van der Waals surface area (Å²) >= 11 is 5.90. The molecule has 0 bridgehead atoms. The van der Waals surface area contributed by atoms with Gasteiger partial charge in [0.1, 0.15) is 24.1 Å². The van der Waals surface area contributed by atoms with Crippen LogP contribution in [0.3, 0.4) is 0 Å². The van der Waals surface area contributed by atoms with Gasteiger partial charge in [-0.1, -0.05) is 29.8 Å². The molecule has 2 saturated heterocycles. The van der Waals surface area contributed by atoms with E-state index in [4.69, 9.17) is 21.1 Å². The van der Waals surface area contributed by atoms with E-state index in [1.54, 1.807) is 36.4 Å². The molecule has 4 rings (SSSR count). The second kappa shape index (κ2) is 10.5. The Kier molecular flexibility index (Phi) is 7.44. The first-order valence-electron chi connectivity index (χ1n) is 10.7. The predicted octanol–water partition coefficient (Wildman–Crippen LogP) is 2.59. The van der Waals surface area contributed by atoms with Crippen molar-refractivity contribution in [1.82, 2.24) is 10.6 Å². The van der Waals surface area contributed by atoms with Crippen molar-refractivity contribution < 1.29 is 28.6 Å². The van der Waals surface area contributed by atoms with E-state index in [0.717, 1.165) is 5.56 Å². The van der Waals surface area contributed by atoms with E-state index in [9.17, 15) is 19.1 Å². The fourth-order valence-electron chi connectivity index (χ4n) is 4.03. The van der Waals surface area contributed by atoms with E-state index in [1.165, 1.54) is 12.1 Å². The number of hydrogen-bond acceptors (Lipinski definition) is 5. The Morgan fingerprint density at radius 2 is 1.91 bits per heavy atom. The van der Waals surface area contributed by atoms with Crippen molar-refractivity contribution in [2.24, 2.45) is 0 Å². The Morgan fingerprint density at radius 1 is 1.12 bits per heavy atom. The van der Waals surface area contributed by atoms with Crippen molar-refractivity contribution in [1.29, 1.82) is 0 Å². The second-order valence-electron chi connectivity index (χ2n) is 8.11. The number of aliphatic hydroxyl groups excluding tert-OH is 1. The molecule has 176 valence electrons. The van der Waals surface area contributed by atoms with Gasteiger partial charge in [0.15, 0.2) is 0 Å². The SMILES string of the molecule is O=C(CC1CC2OC(CNC(=O)Nc3cccc(Cl)c3)C(O)C2O1)NCc1ccc(F)cc1. The van der Waals surface area contributed by atoms with Gasteiger partial charge in [-0.2, -0.15) is 0 Å². The number of nitrogens with one attached hydrogen (secondary N) is 3. The Balaban J connectivity index is 1.18. The van der Waals surface area contributed by atoms with Gasteiger partial charge < -0.3 is 30.5 Å². The van der Waals surface area contributed by atoms with E-state index >= 15 is 0 Å². The van der Waals surface area contributed by atoms with E-state index in [2.05, 4.69) is 16.0 Å². The average molecular weight is 478 g/mol. The molecule has 2 aliphatic rings. The van der Waals surface area contributed by atoms with Crippen LogP contribution in [0.15, 0.2) is 48.5 Å². The zero-order chi connectivity index (χ0) is 23.4. The lowest BCUT2D eigenvalue weighted by Crippen LogP contribution is -2.42. The Labute approximate surface area is 195 Å². The van der Waals surface area contributed by atoms with Crippen LogP contribution >= 0.6 is 11.6 Å². The monoisotopic (exact) mass is 477 g/mol. The summed E-state index contributed by atoms with van der Waals surface area (Å²) in [7, 11) is 0. The van der Waals surface area contributed by atoms with Gasteiger partial charge in [-0.15, -0.1) is 0 Å². The Hall–Kier alpha value is -2.72. The molecule has 0 radical (unpaired) electrons. The van der Waals surface area contributed by atoms with E-state index in [0.29, 0.717) is 23.7 Å². The normalized spacial score (nSPS) is 26.0. The molecule has 2 heterocycles. The zero-order valence-electron chi connectivity index (χ0n) is 17.7. The Bertz CT molecular complexity index is 992. The first kappa shape index (κ1) is 23.4. The highest BCUT2D eigenvalue weighted by molar-refractivity contribution is 6.30. The van der Waals surface area contributed by atoms with Crippen LogP contribution in [0.5, 0.6) is 0 Å². The molecule has 2 aromatic carbocycles. The topological polar surface area (TPSA) is 109 Å². The molecule has 33 heavy (non-hydrogen) atoms. The van der Waals surface area contributed by atoms with Crippen molar-refractivity contribution in [3.8, 4) is 0 Å². The molecule has 8 nitrogen and oxygen atoms in total. The van der Waals surface area contributed by atoms with Crippen LogP contribution in [0.4, 0.5) is 14.9 Å². The quantitative estimate of drug-likeness (QED) is 0.490. The summed E-state index contributed by atoms with van der Waals surface area (Å²) in [6.45, 7) is 0.398. The smallest absolute Gasteiger partial charge is 0.319 e. The lowest BCUT2D eigenvalue weighted by molar-refractivity contribution is -0.124. The number of ether oxygens (including phenoxy) is 2. The summed E-state index contributed by atoms with van der Waals surface area (Å²) in [6.07, 6.45) is -2.21. The van der Waals surface area contributed by atoms with Crippen LogP contribution < -0.4 is 16.0 Å².